The van der Waals surface area contributed by atoms with Gasteiger partial charge in [0.15, 0.2) is 5.78 Å². The van der Waals surface area contributed by atoms with E-state index in [4.69, 9.17) is 14.8 Å². The monoisotopic (exact) mass is 631 g/mol. The summed E-state index contributed by atoms with van der Waals surface area (Å²) in [4.78, 5) is 14.8. The molecule has 3 aromatic carbocycles. The number of benzene rings is 3. The van der Waals surface area contributed by atoms with Crippen LogP contribution in [-0.4, -0.2) is 15.9 Å². The second kappa shape index (κ2) is 9.69. The van der Waals surface area contributed by atoms with E-state index in [0.29, 0.717) is 0 Å². The van der Waals surface area contributed by atoms with Gasteiger partial charge in [-0.3, -0.25) is 9.78 Å². The number of carbonyl (C=O) groups excluding carboxylic acids is 1. The Morgan fingerprint density at radius 3 is 2.38 bits per heavy atom. The van der Waals surface area contributed by atoms with Gasteiger partial charge in [-0.1, -0.05) is 62.1 Å². The molecule has 0 spiro atoms. The number of carbonyl (C=O) groups is 1. The van der Waals surface area contributed by atoms with E-state index in [0.717, 1.165) is 38.9 Å². The summed E-state index contributed by atoms with van der Waals surface area (Å²) in [6.45, 7) is 11.7. The van der Waals surface area contributed by atoms with E-state index >= 15 is 0 Å². The first-order valence-corrected chi connectivity index (χ1v) is 11.0. The Morgan fingerprint density at radius 1 is 1.06 bits per heavy atom. The number of aryl methyl sites for hydroxylation is 1. The van der Waals surface area contributed by atoms with Gasteiger partial charge in [-0.2, -0.15) is 0 Å². The summed E-state index contributed by atoms with van der Waals surface area (Å²) in [5, 5.41) is 12.9. The van der Waals surface area contributed by atoms with E-state index < -0.39 is 0 Å². The number of fused-ring (bicyclic) bond motifs is 3. The number of allylic oxidation sites excluding steroid dienone is 2. The number of ether oxygens (including phenoxy) is 1. The van der Waals surface area contributed by atoms with Gasteiger partial charge < -0.3 is 9.84 Å². The van der Waals surface area contributed by atoms with Crippen molar-refractivity contribution in [3.8, 4) is 22.8 Å². The Morgan fingerprint density at radius 2 is 1.76 bits per heavy atom. The van der Waals surface area contributed by atoms with Crippen LogP contribution in [0.2, 0.25) is 0 Å². The molecule has 0 saturated heterocycles. The van der Waals surface area contributed by atoms with Crippen LogP contribution in [0.1, 0.15) is 45.7 Å². The van der Waals surface area contributed by atoms with Crippen LogP contribution in [0.15, 0.2) is 60.5 Å². The van der Waals surface area contributed by atoms with E-state index in [1.807, 2.05) is 18.3 Å². The molecule has 0 amide bonds. The van der Waals surface area contributed by atoms with Crippen molar-refractivity contribution in [2.24, 2.45) is 0 Å². The minimum Gasteiger partial charge on any atom is -0.512 e. The van der Waals surface area contributed by atoms with Crippen LogP contribution in [0.25, 0.3) is 32.8 Å². The molecule has 34 heavy (non-hydrogen) atoms. The number of rotatable bonds is 1. The molecule has 1 aliphatic rings. The Kier molecular flexibility index (Phi) is 7.30. The van der Waals surface area contributed by atoms with Crippen molar-refractivity contribution in [2.75, 3.05) is 0 Å². The van der Waals surface area contributed by atoms with Crippen molar-refractivity contribution in [2.45, 2.75) is 47.0 Å². The third-order valence-corrected chi connectivity index (χ3v) is 5.62. The molecule has 2 heterocycles. The summed E-state index contributed by atoms with van der Waals surface area (Å²) < 4.78 is 6.31. The van der Waals surface area contributed by atoms with Gasteiger partial charge in [0.1, 0.15) is 5.75 Å². The van der Waals surface area contributed by atoms with Crippen LogP contribution in [0.5, 0.6) is 11.5 Å². The Labute approximate surface area is 214 Å². The zero-order valence-electron chi connectivity index (χ0n) is 20.2. The van der Waals surface area contributed by atoms with E-state index in [2.05, 4.69) is 64.1 Å². The molecule has 0 atom stereocenters. The Balaban J connectivity index is 0.000000357. The van der Waals surface area contributed by atoms with Gasteiger partial charge in [-0.25, -0.2) is 0 Å². The minimum atomic E-state index is -0.125. The third kappa shape index (κ3) is 4.91. The maximum absolute atomic E-state index is 10.0. The molecule has 4 aromatic rings. The smallest absolute Gasteiger partial charge is 0.155 e. The molecule has 177 valence electrons. The number of pyridine rings is 1. The molecular weight excluding hydrogens is 603 g/mol. The SMILES string of the molecule is CC(=O)/C=C(/C)O.Cc1cnc2c3c(ccc(C(C)(C)C)c13)Oc1cc3ccccc3[c-]c1-2.[Ir]. The first-order chi connectivity index (χ1) is 15.6. The average molecular weight is 631 g/mol. The summed E-state index contributed by atoms with van der Waals surface area (Å²) in [5.41, 5.74) is 4.48. The van der Waals surface area contributed by atoms with Gasteiger partial charge in [0.05, 0.1) is 11.5 Å². The van der Waals surface area contributed by atoms with Gasteiger partial charge in [0.25, 0.3) is 0 Å². The summed E-state index contributed by atoms with van der Waals surface area (Å²) >= 11 is 0. The van der Waals surface area contributed by atoms with Gasteiger partial charge in [-0.05, 0) is 48.8 Å². The Bertz CT molecular complexity index is 1430. The first kappa shape index (κ1) is 25.6. The molecule has 5 rings (SSSR count). The van der Waals surface area contributed by atoms with Gasteiger partial charge >= 0.3 is 0 Å². The summed E-state index contributed by atoms with van der Waals surface area (Å²) in [6, 6.07) is 18.2. The summed E-state index contributed by atoms with van der Waals surface area (Å²) in [7, 11) is 0. The summed E-state index contributed by atoms with van der Waals surface area (Å²) in [5.74, 6) is 1.65. The van der Waals surface area contributed by atoms with E-state index in [1.165, 1.54) is 36.4 Å². The molecule has 0 unspecified atom stereocenters. The second-order valence-corrected chi connectivity index (χ2v) is 9.50. The van der Waals surface area contributed by atoms with Crippen LogP contribution >= 0.6 is 0 Å². The molecular formula is C29H28IrNO3-. The van der Waals surface area contributed by atoms with E-state index in [9.17, 15) is 4.79 Å². The third-order valence-electron chi connectivity index (χ3n) is 5.62. The fraction of sp³-hybridized carbons (Fsp3) is 0.241. The average Bonchev–Trinajstić information content (AvgIpc) is 2.73. The summed E-state index contributed by atoms with van der Waals surface area (Å²) in [6.07, 6.45) is 3.15. The predicted molar refractivity (Wildman–Crippen MR) is 134 cm³/mol. The van der Waals surface area contributed by atoms with Crippen LogP contribution in [0, 0.1) is 13.0 Å². The number of ketones is 1. The van der Waals surface area contributed by atoms with Gasteiger partial charge in [0, 0.05) is 43.5 Å². The zero-order chi connectivity index (χ0) is 23.9. The molecule has 1 N–H and O–H groups in total. The minimum absolute atomic E-state index is 0. The quantitative estimate of drug-likeness (QED) is 0.118. The molecule has 1 aliphatic heterocycles. The van der Waals surface area contributed by atoms with Crippen molar-refractivity contribution in [3.05, 3.63) is 77.7 Å². The molecule has 0 bridgehead atoms. The van der Waals surface area contributed by atoms with Crippen molar-refractivity contribution < 1.29 is 34.7 Å². The van der Waals surface area contributed by atoms with Gasteiger partial charge in [-0.15, -0.1) is 17.5 Å². The van der Waals surface area contributed by atoms with Crippen LogP contribution in [-0.2, 0) is 30.3 Å². The maximum Gasteiger partial charge on any atom is 0.155 e. The molecule has 0 fully saturated rings. The van der Waals surface area contributed by atoms with E-state index in [-0.39, 0.29) is 37.1 Å². The number of nitrogens with zero attached hydrogens (tertiary/aromatic N) is 1. The number of aromatic nitrogens is 1. The second-order valence-electron chi connectivity index (χ2n) is 9.50. The van der Waals surface area contributed by atoms with Crippen molar-refractivity contribution in [3.63, 3.8) is 0 Å². The normalized spacial score (nSPS) is 12.2. The zero-order valence-corrected chi connectivity index (χ0v) is 22.6. The number of aliphatic hydroxyl groups excluding tert-OH is 1. The molecule has 0 aliphatic carbocycles. The van der Waals surface area contributed by atoms with Crippen molar-refractivity contribution >= 4 is 27.3 Å². The van der Waals surface area contributed by atoms with E-state index in [1.54, 1.807) is 0 Å². The largest absolute Gasteiger partial charge is 0.512 e. The molecule has 0 saturated carbocycles. The maximum atomic E-state index is 10.0. The van der Waals surface area contributed by atoms with Crippen molar-refractivity contribution in [1.29, 1.82) is 0 Å². The fourth-order valence-electron chi connectivity index (χ4n) is 4.23. The molecule has 1 aromatic heterocycles. The topological polar surface area (TPSA) is 59.4 Å². The fourth-order valence-corrected chi connectivity index (χ4v) is 4.23. The van der Waals surface area contributed by atoms with Gasteiger partial charge in [0.2, 0.25) is 0 Å². The standard InChI is InChI=1S/C24H20NO.C5H8O2.Ir/c1-14-13-25-23-17-11-15-7-5-6-8-16(15)12-20(17)26-19-10-9-18(24(2,3)4)21(14)22(19)23;1-4(6)3-5(2)7;/h5-10,12-13H,1-4H3;3,6H,1-2H3;/q-1;;/b;4-3-;. The number of hydrogen-bond acceptors (Lipinski definition) is 4. The van der Waals surface area contributed by atoms with Crippen molar-refractivity contribution in [1.82, 2.24) is 4.98 Å². The molecule has 4 nitrogen and oxygen atoms in total. The molecule has 5 heteroatoms. The van der Waals surface area contributed by atoms with Crippen LogP contribution < -0.4 is 4.74 Å². The van der Waals surface area contributed by atoms with Crippen LogP contribution in [0.3, 0.4) is 0 Å². The predicted octanol–water partition coefficient (Wildman–Crippen LogP) is 7.60. The Hall–Kier alpha value is -3.01. The molecule has 1 radical (unpaired) electrons. The number of hydrogen-bond donors (Lipinski definition) is 1. The first-order valence-electron chi connectivity index (χ1n) is 11.0. The number of aliphatic hydroxyl groups is 1. The van der Waals surface area contributed by atoms with Crippen LogP contribution in [0.4, 0.5) is 0 Å².